The molecular formula is C10H18INO3. The molecule has 5 heteroatoms. The fraction of sp³-hybridized carbons (Fsp3) is 0.800. The predicted octanol–water partition coefficient (Wildman–Crippen LogP) is 2.29. The number of hydrogen-bond acceptors (Lipinski definition) is 3. The first-order chi connectivity index (χ1) is 6.80. The highest BCUT2D eigenvalue weighted by Gasteiger charge is 2.22. The average molecular weight is 327 g/mol. The lowest BCUT2D eigenvalue weighted by atomic mass is 10.2. The molecular weight excluding hydrogens is 309 g/mol. The Bertz CT molecular complexity index is 235. The van der Waals surface area contributed by atoms with Crippen LogP contribution in [-0.2, 0) is 9.53 Å². The minimum absolute atomic E-state index is 0.0234. The van der Waals surface area contributed by atoms with Crippen LogP contribution in [0.3, 0.4) is 0 Å². The number of Topliss-reactive ketones (excluding diaryl/α,β-unsaturated/α-hetero) is 1. The lowest BCUT2D eigenvalue weighted by Gasteiger charge is -2.22. The SMILES string of the molecule is CCC(=O)[C@H](CI)NC(=O)OC(C)(C)C. The van der Waals surface area contributed by atoms with Gasteiger partial charge in [0, 0.05) is 10.8 Å². The first kappa shape index (κ1) is 14.7. The maximum atomic E-state index is 11.4. The molecule has 0 aromatic rings. The molecule has 0 rings (SSSR count). The normalized spacial score (nSPS) is 13.1. The number of alkyl carbamates (subject to hydrolysis) is 1. The first-order valence-electron chi connectivity index (χ1n) is 4.88. The predicted molar refractivity (Wildman–Crippen MR) is 67.3 cm³/mol. The van der Waals surface area contributed by atoms with Crippen LogP contribution in [0.5, 0.6) is 0 Å². The Morgan fingerprint density at radius 1 is 1.40 bits per heavy atom. The fourth-order valence-corrected chi connectivity index (χ4v) is 1.61. The summed E-state index contributed by atoms with van der Waals surface area (Å²) < 4.78 is 5.62. The Morgan fingerprint density at radius 2 is 1.93 bits per heavy atom. The van der Waals surface area contributed by atoms with E-state index in [2.05, 4.69) is 27.9 Å². The van der Waals surface area contributed by atoms with Gasteiger partial charge in [-0.05, 0) is 20.8 Å². The molecule has 0 aromatic heterocycles. The van der Waals surface area contributed by atoms with Crippen LogP contribution in [0.4, 0.5) is 4.79 Å². The molecule has 15 heavy (non-hydrogen) atoms. The molecule has 0 aromatic carbocycles. The third-order valence-electron chi connectivity index (χ3n) is 1.58. The van der Waals surface area contributed by atoms with Crippen molar-refractivity contribution in [3.05, 3.63) is 0 Å². The van der Waals surface area contributed by atoms with Gasteiger partial charge in [-0.1, -0.05) is 29.5 Å². The van der Waals surface area contributed by atoms with Gasteiger partial charge in [0.05, 0.1) is 6.04 Å². The molecule has 88 valence electrons. The van der Waals surface area contributed by atoms with Crippen molar-refractivity contribution >= 4 is 34.5 Å². The summed E-state index contributed by atoms with van der Waals surface area (Å²) in [5.41, 5.74) is -0.533. The Hall–Kier alpha value is -0.330. The molecule has 0 radical (unpaired) electrons. The third-order valence-corrected chi connectivity index (χ3v) is 2.46. The van der Waals surface area contributed by atoms with E-state index < -0.39 is 17.7 Å². The highest BCUT2D eigenvalue weighted by Crippen LogP contribution is 2.07. The van der Waals surface area contributed by atoms with E-state index in [-0.39, 0.29) is 5.78 Å². The Morgan fingerprint density at radius 3 is 2.27 bits per heavy atom. The number of alkyl halides is 1. The van der Waals surface area contributed by atoms with Crippen molar-refractivity contribution in [1.29, 1.82) is 0 Å². The second kappa shape index (κ2) is 6.30. The maximum absolute atomic E-state index is 11.4. The van der Waals surface area contributed by atoms with Crippen molar-refractivity contribution in [1.82, 2.24) is 5.32 Å². The molecule has 4 nitrogen and oxygen atoms in total. The lowest BCUT2D eigenvalue weighted by Crippen LogP contribution is -2.44. The van der Waals surface area contributed by atoms with Gasteiger partial charge in [-0.3, -0.25) is 4.79 Å². The number of ether oxygens (including phenoxy) is 1. The number of halogens is 1. The number of rotatable bonds is 4. The standard InChI is InChI=1S/C10H18INO3/c1-5-8(13)7(6-11)12-9(14)15-10(2,3)4/h7H,5-6H2,1-4H3,(H,12,14)/t7-/m0/s1. The summed E-state index contributed by atoms with van der Waals surface area (Å²) in [7, 11) is 0. The number of carbonyl (C=O) groups excluding carboxylic acids is 2. The third kappa shape index (κ3) is 6.70. The van der Waals surface area contributed by atoms with Crippen LogP contribution >= 0.6 is 22.6 Å². The molecule has 0 spiro atoms. The molecule has 0 saturated carbocycles. The van der Waals surface area contributed by atoms with Gasteiger partial charge in [-0.25, -0.2) is 4.79 Å². The van der Waals surface area contributed by atoms with Crippen molar-refractivity contribution in [2.45, 2.75) is 45.8 Å². The smallest absolute Gasteiger partial charge is 0.408 e. The zero-order chi connectivity index (χ0) is 12.1. The van der Waals surface area contributed by atoms with Gasteiger partial charge < -0.3 is 10.1 Å². The van der Waals surface area contributed by atoms with Crippen molar-refractivity contribution in [2.24, 2.45) is 0 Å². The molecule has 0 unspecified atom stereocenters. The van der Waals surface area contributed by atoms with E-state index >= 15 is 0 Å². The van der Waals surface area contributed by atoms with Gasteiger partial charge >= 0.3 is 6.09 Å². The molecule has 1 amide bonds. The van der Waals surface area contributed by atoms with Crippen molar-refractivity contribution in [3.63, 3.8) is 0 Å². The number of carbonyl (C=O) groups is 2. The zero-order valence-corrected chi connectivity index (χ0v) is 11.8. The number of hydrogen-bond donors (Lipinski definition) is 1. The minimum Gasteiger partial charge on any atom is -0.444 e. The van der Waals surface area contributed by atoms with Crippen LogP contribution in [-0.4, -0.2) is 27.9 Å². The summed E-state index contributed by atoms with van der Waals surface area (Å²) >= 11 is 2.07. The van der Waals surface area contributed by atoms with Gasteiger partial charge in [-0.15, -0.1) is 0 Å². The largest absolute Gasteiger partial charge is 0.444 e. The number of amides is 1. The van der Waals surface area contributed by atoms with Crippen molar-refractivity contribution in [3.8, 4) is 0 Å². The quantitative estimate of drug-likeness (QED) is 0.637. The Kier molecular flexibility index (Phi) is 6.16. The monoisotopic (exact) mass is 327 g/mol. The van der Waals surface area contributed by atoms with E-state index in [0.29, 0.717) is 10.8 Å². The maximum Gasteiger partial charge on any atom is 0.408 e. The van der Waals surface area contributed by atoms with Crippen molar-refractivity contribution in [2.75, 3.05) is 4.43 Å². The van der Waals surface area contributed by atoms with Crippen LogP contribution in [0.25, 0.3) is 0 Å². The number of nitrogens with one attached hydrogen (secondary N) is 1. The van der Waals surface area contributed by atoms with Gasteiger partial charge in [0.2, 0.25) is 0 Å². The average Bonchev–Trinajstić information content (AvgIpc) is 2.10. The minimum atomic E-state index is -0.536. The van der Waals surface area contributed by atoms with Crippen LogP contribution in [0, 0.1) is 0 Å². The van der Waals surface area contributed by atoms with E-state index in [0.717, 1.165) is 0 Å². The van der Waals surface area contributed by atoms with E-state index in [1.807, 2.05) is 0 Å². The first-order valence-corrected chi connectivity index (χ1v) is 6.41. The van der Waals surface area contributed by atoms with E-state index in [9.17, 15) is 9.59 Å². The molecule has 0 bridgehead atoms. The van der Waals surface area contributed by atoms with Crippen LogP contribution < -0.4 is 5.32 Å². The van der Waals surface area contributed by atoms with Crippen molar-refractivity contribution < 1.29 is 14.3 Å². The summed E-state index contributed by atoms with van der Waals surface area (Å²) in [5.74, 6) is 0.0234. The molecule has 0 saturated heterocycles. The van der Waals surface area contributed by atoms with E-state index in [1.54, 1.807) is 27.7 Å². The molecule has 0 aliphatic heterocycles. The van der Waals surface area contributed by atoms with Gasteiger partial charge in [-0.2, -0.15) is 0 Å². The molecule has 0 heterocycles. The Balaban J connectivity index is 4.20. The second-order valence-corrected chi connectivity index (χ2v) is 5.05. The number of ketones is 1. The summed E-state index contributed by atoms with van der Waals surface area (Å²) in [5, 5.41) is 2.56. The van der Waals surface area contributed by atoms with Crippen LogP contribution in [0.15, 0.2) is 0 Å². The molecule has 0 fully saturated rings. The summed E-state index contributed by atoms with van der Waals surface area (Å²) in [6.45, 7) is 7.13. The summed E-state index contributed by atoms with van der Waals surface area (Å²) in [6, 6.07) is -0.439. The zero-order valence-electron chi connectivity index (χ0n) is 9.59. The van der Waals surface area contributed by atoms with Gasteiger partial charge in [0.25, 0.3) is 0 Å². The second-order valence-electron chi connectivity index (χ2n) is 4.17. The molecule has 0 aliphatic carbocycles. The van der Waals surface area contributed by atoms with Gasteiger partial charge in [0.15, 0.2) is 5.78 Å². The molecule has 1 atom stereocenters. The van der Waals surface area contributed by atoms with Gasteiger partial charge in [0.1, 0.15) is 5.60 Å². The topological polar surface area (TPSA) is 55.4 Å². The van der Waals surface area contributed by atoms with E-state index in [4.69, 9.17) is 4.74 Å². The summed E-state index contributed by atoms with van der Waals surface area (Å²) in [6.07, 6.45) is -0.116. The summed E-state index contributed by atoms with van der Waals surface area (Å²) in [4.78, 5) is 22.7. The Labute approximate surface area is 104 Å². The van der Waals surface area contributed by atoms with Crippen LogP contribution in [0.1, 0.15) is 34.1 Å². The van der Waals surface area contributed by atoms with E-state index in [1.165, 1.54) is 0 Å². The highest BCUT2D eigenvalue weighted by atomic mass is 127. The molecule has 0 aliphatic rings. The highest BCUT2D eigenvalue weighted by molar-refractivity contribution is 14.1. The fourth-order valence-electron chi connectivity index (χ4n) is 0.901. The lowest BCUT2D eigenvalue weighted by molar-refractivity contribution is -0.120. The van der Waals surface area contributed by atoms with Crippen LogP contribution in [0.2, 0.25) is 0 Å². The molecule has 1 N–H and O–H groups in total.